The molecule has 0 spiro atoms. The van der Waals surface area contributed by atoms with Gasteiger partial charge in [0.25, 0.3) is 0 Å². The van der Waals surface area contributed by atoms with E-state index in [0.717, 1.165) is 18.7 Å². The number of anilines is 1. The van der Waals surface area contributed by atoms with Gasteiger partial charge in [0.15, 0.2) is 0 Å². The Kier molecular flexibility index (Phi) is 2.36. The van der Waals surface area contributed by atoms with Gasteiger partial charge in [-0.05, 0) is 49.9 Å². The molecule has 0 bridgehead atoms. The van der Waals surface area contributed by atoms with Crippen molar-refractivity contribution in [3.8, 4) is 5.75 Å². The molecule has 1 aromatic rings. The minimum Gasteiger partial charge on any atom is -0.508 e. The third-order valence-electron chi connectivity index (χ3n) is 3.18. The van der Waals surface area contributed by atoms with Crippen LogP contribution in [0.2, 0.25) is 0 Å². The molecule has 1 aliphatic rings. The molecule has 0 amide bonds. The monoisotopic (exact) mass is 191 g/mol. The molecular weight excluding hydrogens is 174 g/mol. The smallest absolute Gasteiger partial charge is 0.118 e. The first kappa shape index (κ1) is 9.38. The second kappa shape index (κ2) is 3.52. The molecule has 1 N–H and O–H groups in total. The van der Waals surface area contributed by atoms with Crippen molar-refractivity contribution in [2.45, 2.75) is 26.7 Å². The van der Waals surface area contributed by atoms with Gasteiger partial charge < -0.3 is 10.0 Å². The van der Waals surface area contributed by atoms with E-state index in [1.54, 1.807) is 6.07 Å². The summed E-state index contributed by atoms with van der Waals surface area (Å²) in [5, 5.41) is 9.55. The van der Waals surface area contributed by atoms with Crippen molar-refractivity contribution >= 4 is 5.69 Å². The van der Waals surface area contributed by atoms with Crippen molar-refractivity contribution in [2.75, 3.05) is 18.0 Å². The Morgan fingerprint density at radius 1 is 1.07 bits per heavy atom. The van der Waals surface area contributed by atoms with Crippen molar-refractivity contribution in [1.29, 1.82) is 0 Å². The summed E-state index contributed by atoms with van der Waals surface area (Å²) in [6.45, 7) is 6.38. The zero-order valence-electron chi connectivity index (χ0n) is 8.88. The van der Waals surface area contributed by atoms with Crippen LogP contribution in [0.5, 0.6) is 5.75 Å². The number of phenolic OH excluding ortho intramolecular Hbond substituents is 1. The molecule has 0 aliphatic carbocycles. The number of benzene rings is 1. The lowest BCUT2D eigenvalue weighted by molar-refractivity contribution is 0.470. The maximum Gasteiger partial charge on any atom is 0.118 e. The van der Waals surface area contributed by atoms with Crippen LogP contribution < -0.4 is 4.90 Å². The molecule has 1 aliphatic heterocycles. The highest BCUT2D eigenvalue weighted by molar-refractivity contribution is 5.59. The quantitative estimate of drug-likeness (QED) is 0.737. The Hall–Kier alpha value is -1.18. The van der Waals surface area contributed by atoms with Crippen molar-refractivity contribution in [1.82, 2.24) is 0 Å². The first-order valence-corrected chi connectivity index (χ1v) is 5.24. The topological polar surface area (TPSA) is 23.5 Å². The summed E-state index contributed by atoms with van der Waals surface area (Å²) in [4.78, 5) is 2.40. The van der Waals surface area contributed by atoms with Crippen LogP contribution in [0.15, 0.2) is 12.1 Å². The number of rotatable bonds is 1. The molecule has 1 fully saturated rings. The summed E-state index contributed by atoms with van der Waals surface area (Å²) in [6, 6.07) is 3.83. The third kappa shape index (κ3) is 1.45. The fourth-order valence-corrected chi connectivity index (χ4v) is 2.09. The molecule has 1 saturated heterocycles. The molecule has 76 valence electrons. The predicted octanol–water partition coefficient (Wildman–Crippen LogP) is 2.61. The first-order chi connectivity index (χ1) is 6.70. The molecule has 0 radical (unpaired) electrons. The van der Waals surface area contributed by atoms with Gasteiger partial charge in [-0.15, -0.1) is 0 Å². The van der Waals surface area contributed by atoms with Crippen LogP contribution in [0.1, 0.15) is 24.0 Å². The van der Waals surface area contributed by atoms with E-state index in [-0.39, 0.29) is 0 Å². The molecule has 0 aromatic heterocycles. The van der Waals surface area contributed by atoms with E-state index < -0.39 is 0 Å². The van der Waals surface area contributed by atoms with Gasteiger partial charge in [-0.3, -0.25) is 0 Å². The van der Waals surface area contributed by atoms with Crippen LogP contribution in [-0.2, 0) is 0 Å². The summed E-state index contributed by atoms with van der Waals surface area (Å²) in [6.07, 6.45) is 2.58. The molecule has 2 nitrogen and oxygen atoms in total. The Bertz CT molecular complexity index is 340. The fourth-order valence-electron chi connectivity index (χ4n) is 2.09. The van der Waals surface area contributed by atoms with Crippen molar-refractivity contribution in [2.24, 2.45) is 0 Å². The summed E-state index contributed by atoms with van der Waals surface area (Å²) >= 11 is 0. The predicted molar refractivity (Wildman–Crippen MR) is 59.0 cm³/mol. The van der Waals surface area contributed by atoms with Crippen LogP contribution >= 0.6 is 0 Å². The minimum atomic E-state index is 0.408. The van der Waals surface area contributed by atoms with E-state index in [4.69, 9.17) is 0 Å². The highest BCUT2D eigenvalue weighted by atomic mass is 16.3. The first-order valence-electron chi connectivity index (χ1n) is 5.24. The molecule has 14 heavy (non-hydrogen) atoms. The molecule has 2 rings (SSSR count). The van der Waals surface area contributed by atoms with Crippen LogP contribution in [0, 0.1) is 13.8 Å². The summed E-state index contributed by atoms with van der Waals surface area (Å²) in [7, 11) is 0. The van der Waals surface area contributed by atoms with Gasteiger partial charge in [0, 0.05) is 18.8 Å². The molecule has 1 aromatic carbocycles. The second-order valence-electron chi connectivity index (χ2n) is 4.05. The number of phenols is 1. The molecule has 1 heterocycles. The average Bonchev–Trinajstić information content (AvgIpc) is 2.67. The Morgan fingerprint density at radius 3 is 2.36 bits per heavy atom. The maximum atomic E-state index is 9.55. The van der Waals surface area contributed by atoms with Gasteiger partial charge in [-0.1, -0.05) is 0 Å². The van der Waals surface area contributed by atoms with Gasteiger partial charge >= 0.3 is 0 Å². The zero-order chi connectivity index (χ0) is 10.1. The van der Waals surface area contributed by atoms with Crippen LogP contribution in [0.3, 0.4) is 0 Å². The zero-order valence-corrected chi connectivity index (χ0v) is 8.88. The third-order valence-corrected chi connectivity index (χ3v) is 3.18. The molecule has 0 atom stereocenters. The van der Waals surface area contributed by atoms with Gasteiger partial charge in [0.05, 0.1) is 0 Å². The van der Waals surface area contributed by atoms with E-state index in [9.17, 15) is 5.11 Å². The van der Waals surface area contributed by atoms with Crippen LogP contribution in [-0.4, -0.2) is 18.2 Å². The lowest BCUT2D eigenvalue weighted by Gasteiger charge is -2.21. The van der Waals surface area contributed by atoms with E-state index in [2.05, 4.69) is 11.8 Å². The number of aromatic hydroxyl groups is 1. The molecular formula is C12H17NO. The van der Waals surface area contributed by atoms with Crippen molar-refractivity contribution in [3.63, 3.8) is 0 Å². The normalized spacial score (nSPS) is 16.3. The molecule has 0 saturated carbocycles. The van der Waals surface area contributed by atoms with Gasteiger partial charge in [0.1, 0.15) is 5.75 Å². The lowest BCUT2D eigenvalue weighted by Crippen LogP contribution is -2.18. The number of hydrogen-bond donors (Lipinski definition) is 1. The standard InChI is InChI=1S/C12H17NO/c1-9-10(2)12(14)6-5-11(9)13-7-3-4-8-13/h5-6,14H,3-4,7-8H2,1-2H3. The van der Waals surface area contributed by atoms with E-state index in [1.807, 2.05) is 13.0 Å². The highest BCUT2D eigenvalue weighted by Crippen LogP contribution is 2.30. The fraction of sp³-hybridized carbons (Fsp3) is 0.500. The van der Waals surface area contributed by atoms with Gasteiger partial charge in [-0.25, -0.2) is 0 Å². The second-order valence-corrected chi connectivity index (χ2v) is 4.05. The van der Waals surface area contributed by atoms with E-state index in [1.165, 1.54) is 24.1 Å². The number of hydrogen-bond acceptors (Lipinski definition) is 2. The minimum absolute atomic E-state index is 0.408. The van der Waals surface area contributed by atoms with Crippen LogP contribution in [0.25, 0.3) is 0 Å². The van der Waals surface area contributed by atoms with E-state index in [0.29, 0.717) is 5.75 Å². The number of nitrogens with zero attached hydrogens (tertiary/aromatic N) is 1. The Morgan fingerprint density at radius 2 is 1.71 bits per heavy atom. The largest absolute Gasteiger partial charge is 0.508 e. The van der Waals surface area contributed by atoms with Gasteiger partial charge in [-0.2, -0.15) is 0 Å². The maximum absolute atomic E-state index is 9.55. The lowest BCUT2D eigenvalue weighted by atomic mass is 10.1. The Labute approximate surface area is 85.2 Å². The van der Waals surface area contributed by atoms with E-state index >= 15 is 0 Å². The molecule has 0 unspecified atom stereocenters. The summed E-state index contributed by atoms with van der Waals surface area (Å²) in [5.74, 6) is 0.408. The average molecular weight is 191 g/mol. The Balaban J connectivity index is 2.38. The molecule has 2 heteroatoms. The van der Waals surface area contributed by atoms with Crippen LogP contribution in [0.4, 0.5) is 5.69 Å². The highest BCUT2D eigenvalue weighted by Gasteiger charge is 2.15. The van der Waals surface area contributed by atoms with Crippen molar-refractivity contribution in [3.05, 3.63) is 23.3 Å². The van der Waals surface area contributed by atoms with Crippen molar-refractivity contribution < 1.29 is 5.11 Å². The summed E-state index contributed by atoms with van der Waals surface area (Å²) < 4.78 is 0. The SMILES string of the molecule is Cc1c(O)ccc(N2CCCC2)c1C. The van der Waals surface area contributed by atoms with Gasteiger partial charge in [0.2, 0.25) is 0 Å². The summed E-state index contributed by atoms with van der Waals surface area (Å²) in [5.41, 5.74) is 3.51.